The van der Waals surface area contributed by atoms with Gasteiger partial charge in [-0.3, -0.25) is 0 Å². The van der Waals surface area contributed by atoms with Crippen LogP contribution in [0.15, 0.2) is 174 Å². The Morgan fingerprint density at radius 3 is 1.14 bits per heavy atom. The quantitative estimate of drug-likeness (QED) is 0.175. The SMILES string of the molecule is c1ccc(-c2cc3ccc4oc5ccc6cc(-c7ccccc7)c7ccc8ccccc8c7c6c5c4c3c3c2ccc2ccccc23)cc1. The highest BCUT2D eigenvalue weighted by molar-refractivity contribution is 6.40. The molecule has 0 aliphatic heterocycles. The van der Waals surface area contributed by atoms with Crippen LogP contribution in [0.2, 0.25) is 0 Å². The lowest BCUT2D eigenvalue weighted by Crippen LogP contribution is -1.89. The Balaban J connectivity index is 1.42. The van der Waals surface area contributed by atoms with Gasteiger partial charge in [-0.25, -0.2) is 0 Å². The monoisotopic (exact) mass is 620 g/mol. The second-order valence-electron chi connectivity index (χ2n) is 13.2. The van der Waals surface area contributed by atoms with Crippen molar-refractivity contribution in [2.45, 2.75) is 0 Å². The van der Waals surface area contributed by atoms with Crippen LogP contribution in [0.4, 0.5) is 0 Å². The van der Waals surface area contributed by atoms with Gasteiger partial charge in [0.25, 0.3) is 0 Å². The van der Waals surface area contributed by atoms with Crippen LogP contribution in [0, 0.1) is 0 Å². The second-order valence-corrected chi connectivity index (χ2v) is 13.2. The molecule has 226 valence electrons. The van der Waals surface area contributed by atoms with E-state index in [1.807, 2.05) is 0 Å². The molecule has 1 heterocycles. The summed E-state index contributed by atoms with van der Waals surface area (Å²) in [6, 6.07) is 61.9. The van der Waals surface area contributed by atoms with Crippen LogP contribution in [0.1, 0.15) is 0 Å². The Morgan fingerprint density at radius 2 is 0.673 bits per heavy atom. The van der Waals surface area contributed by atoms with Crippen LogP contribution < -0.4 is 0 Å². The van der Waals surface area contributed by atoms with Gasteiger partial charge in [0, 0.05) is 21.5 Å². The number of furan rings is 1. The molecule has 0 fully saturated rings. The zero-order valence-corrected chi connectivity index (χ0v) is 26.6. The summed E-state index contributed by atoms with van der Waals surface area (Å²) >= 11 is 0. The molecule has 0 aliphatic carbocycles. The predicted octanol–water partition coefficient (Wildman–Crippen LogP) is 13.8. The third kappa shape index (κ3) is 3.76. The van der Waals surface area contributed by atoms with Gasteiger partial charge in [-0.05, 0) is 100 Å². The summed E-state index contributed by atoms with van der Waals surface area (Å²) in [5.74, 6) is 0. The molecule has 1 nitrogen and oxygen atoms in total. The first kappa shape index (κ1) is 26.6. The number of hydrogen-bond acceptors (Lipinski definition) is 1. The summed E-state index contributed by atoms with van der Waals surface area (Å²) in [6.07, 6.45) is 0. The third-order valence-corrected chi connectivity index (χ3v) is 10.6. The maximum atomic E-state index is 6.82. The van der Waals surface area contributed by atoms with Crippen molar-refractivity contribution in [3.63, 3.8) is 0 Å². The molecule has 0 unspecified atom stereocenters. The summed E-state index contributed by atoms with van der Waals surface area (Å²) in [5, 5.41) is 17.3. The molecule has 0 N–H and O–H groups in total. The topological polar surface area (TPSA) is 13.1 Å². The van der Waals surface area contributed by atoms with Crippen molar-refractivity contribution in [3.05, 3.63) is 170 Å². The minimum absolute atomic E-state index is 0.914. The molecule has 0 amide bonds. The highest BCUT2D eigenvalue weighted by atomic mass is 16.3. The van der Waals surface area contributed by atoms with Gasteiger partial charge in [0.15, 0.2) is 0 Å². The Labute approximate surface area is 282 Å². The van der Waals surface area contributed by atoms with E-state index in [2.05, 4.69) is 170 Å². The van der Waals surface area contributed by atoms with Crippen molar-refractivity contribution < 1.29 is 4.42 Å². The lowest BCUT2D eigenvalue weighted by Gasteiger charge is -2.16. The van der Waals surface area contributed by atoms with E-state index < -0.39 is 0 Å². The molecular formula is C48H28O. The van der Waals surface area contributed by atoms with Gasteiger partial charge < -0.3 is 4.42 Å². The first-order chi connectivity index (χ1) is 24.3. The number of benzene rings is 10. The first-order valence-corrected chi connectivity index (χ1v) is 16.9. The molecule has 1 heteroatoms. The largest absolute Gasteiger partial charge is 0.456 e. The standard InChI is InChI=1S/C48H28O/c1-3-11-29(12-4-1)39-27-33-21-25-41-47(43(33)45-35-17-9-7-15-31(35)19-23-37(39)45)48-42(49-41)26-22-34-28-40(30-13-5-2-6-14-30)38-24-20-32-16-8-10-18-36(32)46(38)44(34)48/h1-28H. The van der Waals surface area contributed by atoms with E-state index >= 15 is 0 Å². The average molecular weight is 621 g/mol. The lowest BCUT2D eigenvalue weighted by molar-refractivity contribution is 0.669. The maximum Gasteiger partial charge on any atom is 0.136 e. The zero-order valence-electron chi connectivity index (χ0n) is 26.6. The Bertz CT molecular complexity index is 2920. The molecule has 0 saturated carbocycles. The summed E-state index contributed by atoms with van der Waals surface area (Å²) in [6.45, 7) is 0. The fraction of sp³-hybridized carbons (Fsp3) is 0. The van der Waals surface area contributed by atoms with E-state index in [-0.39, 0.29) is 0 Å². The Hall–Kier alpha value is -6.44. The van der Waals surface area contributed by atoms with Crippen LogP contribution in [-0.2, 0) is 0 Å². The van der Waals surface area contributed by atoms with Gasteiger partial charge in [-0.2, -0.15) is 0 Å². The average Bonchev–Trinajstić information content (AvgIpc) is 3.56. The summed E-state index contributed by atoms with van der Waals surface area (Å²) in [4.78, 5) is 0. The normalized spacial score (nSPS) is 12.1. The van der Waals surface area contributed by atoms with E-state index in [1.54, 1.807) is 0 Å². The number of hydrogen-bond donors (Lipinski definition) is 0. The second kappa shape index (κ2) is 10.0. The molecule has 0 bridgehead atoms. The van der Waals surface area contributed by atoms with Crippen LogP contribution in [0.3, 0.4) is 0 Å². The fourth-order valence-electron chi connectivity index (χ4n) is 8.47. The highest BCUT2D eigenvalue weighted by Crippen LogP contribution is 2.48. The Kier molecular flexibility index (Phi) is 5.45. The molecule has 1 aromatic heterocycles. The number of fused-ring (bicyclic) bond motifs is 15. The van der Waals surface area contributed by atoms with E-state index in [4.69, 9.17) is 4.42 Å². The minimum atomic E-state index is 0.914. The molecular weight excluding hydrogens is 593 g/mol. The molecule has 0 atom stereocenters. The molecule has 11 rings (SSSR count). The fourth-order valence-corrected chi connectivity index (χ4v) is 8.47. The maximum absolute atomic E-state index is 6.82. The van der Waals surface area contributed by atoms with E-state index in [1.165, 1.54) is 97.7 Å². The summed E-state index contributed by atoms with van der Waals surface area (Å²) in [5.41, 5.74) is 6.76. The van der Waals surface area contributed by atoms with Gasteiger partial charge in [-0.15, -0.1) is 0 Å². The first-order valence-electron chi connectivity index (χ1n) is 16.9. The lowest BCUT2D eigenvalue weighted by atomic mass is 9.86. The summed E-state index contributed by atoms with van der Waals surface area (Å²) < 4.78 is 6.82. The highest BCUT2D eigenvalue weighted by Gasteiger charge is 2.21. The molecule has 0 radical (unpaired) electrons. The van der Waals surface area contributed by atoms with E-state index in [9.17, 15) is 0 Å². The van der Waals surface area contributed by atoms with Crippen LogP contribution >= 0.6 is 0 Å². The van der Waals surface area contributed by atoms with Gasteiger partial charge in [0.2, 0.25) is 0 Å². The van der Waals surface area contributed by atoms with Crippen molar-refractivity contribution in [2.75, 3.05) is 0 Å². The van der Waals surface area contributed by atoms with Crippen molar-refractivity contribution in [2.24, 2.45) is 0 Å². The van der Waals surface area contributed by atoms with Crippen molar-refractivity contribution in [1.29, 1.82) is 0 Å². The molecule has 0 aliphatic rings. The molecule has 49 heavy (non-hydrogen) atoms. The van der Waals surface area contributed by atoms with Crippen LogP contribution in [-0.4, -0.2) is 0 Å². The van der Waals surface area contributed by atoms with Crippen LogP contribution in [0.5, 0.6) is 0 Å². The molecule has 0 saturated heterocycles. The van der Waals surface area contributed by atoms with E-state index in [0.717, 1.165) is 11.2 Å². The van der Waals surface area contributed by atoms with E-state index in [0.29, 0.717) is 0 Å². The third-order valence-electron chi connectivity index (χ3n) is 10.6. The van der Waals surface area contributed by atoms with Gasteiger partial charge in [0.1, 0.15) is 11.2 Å². The van der Waals surface area contributed by atoms with Crippen molar-refractivity contribution >= 4 is 86.6 Å². The number of rotatable bonds is 2. The molecule has 11 aromatic rings. The summed E-state index contributed by atoms with van der Waals surface area (Å²) in [7, 11) is 0. The zero-order chi connectivity index (χ0) is 32.1. The van der Waals surface area contributed by atoms with Crippen molar-refractivity contribution in [1.82, 2.24) is 0 Å². The van der Waals surface area contributed by atoms with Gasteiger partial charge >= 0.3 is 0 Å². The Morgan fingerprint density at radius 1 is 0.265 bits per heavy atom. The smallest absolute Gasteiger partial charge is 0.136 e. The van der Waals surface area contributed by atoms with Gasteiger partial charge in [-0.1, -0.05) is 146 Å². The predicted molar refractivity (Wildman–Crippen MR) is 210 cm³/mol. The molecule has 0 spiro atoms. The van der Waals surface area contributed by atoms with Crippen LogP contribution in [0.25, 0.3) is 109 Å². The minimum Gasteiger partial charge on any atom is -0.456 e. The van der Waals surface area contributed by atoms with Crippen molar-refractivity contribution in [3.8, 4) is 22.3 Å². The van der Waals surface area contributed by atoms with Gasteiger partial charge in [0.05, 0.1) is 0 Å². The molecule has 10 aromatic carbocycles.